The molecule has 0 aliphatic heterocycles. The van der Waals surface area contributed by atoms with Gasteiger partial charge in [0.15, 0.2) is 0 Å². The number of benzene rings is 1. The molecule has 2 heterocycles. The van der Waals surface area contributed by atoms with E-state index in [2.05, 4.69) is 15.6 Å². The van der Waals surface area contributed by atoms with E-state index in [1.807, 2.05) is 25.3 Å². The van der Waals surface area contributed by atoms with Gasteiger partial charge in [-0.1, -0.05) is 12.1 Å². The number of hydrogen-bond donors (Lipinski definition) is 3. The molecule has 6 nitrogen and oxygen atoms in total. The first kappa shape index (κ1) is 18.6. The highest BCUT2D eigenvalue weighted by Gasteiger charge is 2.11. The predicted octanol–water partition coefficient (Wildman–Crippen LogP) is 3.24. The molecule has 3 aromatic rings. The first-order chi connectivity index (χ1) is 12.9. The molecule has 0 saturated carbocycles. The van der Waals surface area contributed by atoms with Crippen molar-refractivity contribution in [3.8, 4) is 0 Å². The summed E-state index contributed by atoms with van der Waals surface area (Å²) in [7, 11) is 0. The number of hydrogen-bond acceptors (Lipinski definition) is 4. The summed E-state index contributed by atoms with van der Waals surface area (Å²) in [6.45, 7) is 3.78. The van der Waals surface area contributed by atoms with Crippen molar-refractivity contribution in [2.45, 2.75) is 20.4 Å². The third-order valence-electron chi connectivity index (χ3n) is 4.05. The molecule has 0 radical (unpaired) electrons. The van der Waals surface area contributed by atoms with Gasteiger partial charge in [-0.2, -0.15) is 0 Å². The highest BCUT2D eigenvalue weighted by molar-refractivity contribution is 7.12. The van der Waals surface area contributed by atoms with Gasteiger partial charge < -0.3 is 15.6 Å². The van der Waals surface area contributed by atoms with E-state index in [0.717, 1.165) is 11.3 Å². The normalized spacial score (nSPS) is 10.4. The Morgan fingerprint density at radius 1 is 1.07 bits per heavy atom. The number of anilines is 1. The zero-order valence-corrected chi connectivity index (χ0v) is 15.8. The van der Waals surface area contributed by atoms with Crippen molar-refractivity contribution < 1.29 is 9.59 Å². The lowest BCUT2D eigenvalue weighted by Gasteiger charge is -2.09. The molecule has 0 saturated heterocycles. The number of aromatic amines is 1. The molecular weight excluding hydrogens is 362 g/mol. The molecule has 0 aliphatic carbocycles. The second kappa shape index (κ2) is 8.01. The lowest BCUT2D eigenvalue weighted by atomic mass is 10.1. The lowest BCUT2D eigenvalue weighted by Crippen LogP contribution is -2.28. The Labute approximate surface area is 160 Å². The van der Waals surface area contributed by atoms with Crippen molar-refractivity contribution >= 4 is 28.8 Å². The van der Waals surface area contributed by atoms with Gasteiger partial charge in [0.25, 0.3) is 17.4 Å². The summed E-state index contributed by atoms with van der Waals surface area (Å²) >= 11 is 1.35. The molecule has 0 unspecified atom stereocenters. The van der Waals surface area contributed by atoms with E-state index in [4.69, 9.17) is 0 Å². The van der Waals surface area contributed by atoms with E-state index in [1.165, 1.54) is 11.3 Å². The van der Waals surface area contributed by atoms with Crippen LogP contribution in [0.1, 0.15) is 36.9 Å². The molecule has 2 aromatic heterocycles. The van der Waals surface area contributed by atoms with Crippen LogP contribution in [0.2, 0.25) is 0 Å². The van der Waals surface area contributed by atoms with Crippen LogP contribution in [0, 0.1) is 13.8 Å². The van der Waals surface area contributed by atoms with Crippen molar-refractivity contribution in [1.82, 2.24) is 10.3 Å². The third kappa shape index (κ3) is 4.51. The Morgan fingerprint density at radius 2 is 1.89 bits per heavy atom. The van der Waals surface area contributed by atoms with Crippen LogP contribution >= 0.6 is 11.3 Å². The number of nitrogens with one attached hydrogen (secondary N) is 3. The molecular formula is C20H19N3O3S. The smallest absolute Gasteiger partial charge is 0.265 e. The van der Waals surface area contributed by atoms with Crippen LogP contribution in [0.4, 0.5) is 5.69 Å². The average molecular weight is 381 g/mol. The van der Waals surface area contributed by atoms with E-state index in [0.29, 0.717) is 21.7 Å². The van der Waals surface area contributed by atoms with Crippen molar-refractivity contribution in [1.29, 1.82) is 0 Å². The summed E-state index contributed by atoms with van der Waals surface area (Å²) < 4.78 is 0. The molecule has 0 spiro atoms. The second-order valence-electron chi connectivity index (χ2n) is 6.14. The summed E-state index contributed by atoms with van der Waals surface area (Å²) in [5, 5.41) is 7.36. The molecule has 2 amide bonds. The van der Waals surface area contributed by atoms with E-state index >= 15 is 0 Å². The number of rotatable bonds is 5. The number of aromatic nitrogens is 1. The fourth-order valence-electron chi connectivity index (χ4n) is 2.71. The minimum atomic E-state index is -0.318. The fraction of sp³-hybridized carbons (Fsp3) is 0.150. The highest BCUT2D eigenvalue weighted by Crippen LogP contribution is 2.15. The van der Waals surface area contributed by atoms with Gasteiger partial charge in [0.05, 0.1) is 4.88 Å². The average Bonchev–Trinajstić information content (AvgIpc) is 3.15. The zero-order chi connectivity index (χ0) is 19.4. The molecule has 3 N–H and O–H groups in total. The number of aryl methyl sites for hydroxylation is 2. The maximum Gasteiger partial charge on any atom is 0.265 e. The molecule has 27 heavy (non-hydrogen) atoms. The topological polar surface area (TPSA) is 91.1 Å². The molecule has 138 valence electrons. The van der Waals surface area contributed by atoms with E-state index < -0.39 is 0 Å². The molecule has 0 aliphatic rings. The Bertz CT molecular complexity index is 1040. The van der Waals surface area contributed by atoms with Crippen LogP contribution in [-0.4, -0.2) is 16.8 Å². The Kier molecular flexibility index (Phi) is 5.52. The first-order valence-corrected chi connectivity index (χ1v) is 9.24. The largest absolute Gasteiger partial charge is 0.348 e. The van der Waals surface area contributed by atoms with Gasteiger partial charge >= 0.3 is 0 Å². The maximum absolute atomic E-state index is 12.4. The molecule has 0 bridgehead atoms. The standard InChI is InChI=1S/C20H19N3O3S/c1-12-9-13(2)22-19(25)16(12)11-21-18(24)14-5-3-6-15(10-14)23-20(26)17-7-4-8-27-17/h3-10H,11H2,1-2H3,(H,21,24)(H,22,25)(H,23,26). The fourth-order valence-corrected chi connectivity index (χ4v) is 3.33. The van der Waals surface area contributed by atoms with Gasteiger partial charge in [-0.25, -0.2) is 0 Å². The Hall–Kier alpha value is -3.19. The van der Waals surface area contributed by atoms with E-state index in [-0.39, 0.29) is 23.9 Å². The number of thiophene rings is 1. The number of carbonyl (C=O) groups is 2. The first-order valence-electron chi connectivity index (χ1n) is 8.36. The molecule has 0 fully saturated rings. The molecule has 3 rings (SSSR count). The summed E-state index contributed by atoms with van der Waals surface area (Å²) in [6.07, 6.45) is 0. The van der Waals surface area contributed by atoms with Crippen LogP contribution in [0.15, 0.2) is 52.6 Å². The monoisotopic (exact) mass is 381 g/mol. The summed E-state index contributed by atoms with van der Waals surface area (Å²) in [5.74, 6) is -0.536. The van der Waals surface area contributed by atoms with Crippen molar-refractivity contribution in [3.05, 3.63) is 85.5 Å². The Balaban J connectivity index is 1.69. The SMILES string of the molecule is Cc1cc(C)c(CNC(=O)c2cccc(NC(=O)c3cccs3)c2)c(=O)[nH]1. The number of amides is 2. The summed E-state index contributed by atoms with van der Waals surface area (Å²) in [5.41, 5.74) is 2.86. The van der Waals surface area contributed by atoms with Crippen LogP contribution in [0.25, 0.3) is 0 Å². The second-order valence-corrected chi connectivity index (χ2v) is 7.09. The quantitative estimate of drug-likeness (QED) is 0.634. The zero-order valence-electron chi connectivity index (χ0n) is 15.0. The van der Waals surface area contributed by atoms with Crippen LogP contribution < -0.4 is 16.2 Å². The van der Waals surface area contributed by atoms with Gasteiger partial charge in [-0.15, -0.1) is 11.3 Å². The van der Waals surface area contributed by atoms with Crippen LogP contribution in [-0.2, 0) is 6.54 Å². The third-order valence-corrected chi connectivity index (χ3v) is 4.92. The molecule has 7 heteroatoms. The van der Waals surface area contributed by atoms with Crippen LogP contribution in [0.3, 0.4) is 0 Å². The summed E-state index contributed by atoms with van der Waals surface area (Å²) in [6, 6.07) is 12.1. The summed E-state index contributed by atoms with van der Waals surface area (Å²) in [4.78, 5) is 39.9. The van der Waals surface area contributed by atoms with Gasteiger partial charge in [0.2, 0.25) is 0 Å². The van der Waals surface area contributed by atoms with Gasteiger partial charge in [0, 0.05) is 29.1 Å². The minimum absolute atomic E-state index is 0.131. The van der Waals surface area contributed by atoms with Crippen molar-refractivity contribution in [2.75, 3.05) is 5.32 Å². The van der Waals surface area contributed by atoms with Gasteiger partial charge in [0.1, 0.15) is 0 Å². The van der Waals surface area contributed by atoms with E-state index in [9.17, 15) is 14.4 Å². The van der Waals surface area contributed by atoms with Crippen LogP contribution in [0.5, 0.6) is 0 Å². The number of H-pyrrole nitrogens is 1. The van der Waals surface area contributed by atoms with E-state index in [1.54, 1.807) is 36.4 Å². The van der Waals surface area contributed by atoms with Crippen molar-refractivity contribution in [2.24, 2.45) is 0 Å². The molecule has 0 atom stereocenters. The highest BCUT2D eigenvalue weighted by atomic mass is 32.1. The predicted molar refractivity (Wildman–Crippen MR) is 106 cm³/mol. The number of pyridine rings is 1. The Morgan fingerprint density at radius 3 is 2.59 bits per heavy atom. The molecule has 1 aromatic carbocycles. The van der Waals surface area contributed by atoms with Gasteiger partial charge in [-0.3, -0.25) is 14.4 Å². The maximum atomic E-state index is 12.4. The minimum Gasteiger partial charge on any atom is -0.348 e. The number of carbonyl (C=O) groups excluding carboxylic acids is 2. The van der Waals surface area contributed by atoms with Crippen molar-refractivity contribution in [3.63, 3.8) is 0 Å². The lowest BCUT2D eigenvalue weighted by molar-refractivity contribution is 0.0949. The van der Waals surface area contributed by atoms with Gasteiger partial charge in [-0.05, 0) is 55.1 Å².